The molecule has 7 heteroatoms. The highest BCUT2D eigenvalue weighted by Gasteiger charge is 2.37. The number of likely N-dealkylation sites (N-methyl/N-ethyl adjacent to an activating group) is 1. The lowest BCUT2D eigenvalue weighted by molar-refractivity contribution is -0.113. The van der Waals surface area contributed by atoms with Crippen LogP contribution in [0.3, 0.4) is 0 Å². The van der Waals surface area contributed by atoms with Crippen LogP contribution in [-0.4, -0.2) is 69.6 Å². The normalized spacial score (nSPS) is 18.1. The van der Waals surface area contributed by atoms with Crippen molar-refractivity contribution in [3.63, 3.8) is 0 Å². The minimum atomic E-state index is -0.303. The molecule has 1 saturated heterocycles. The highest BCUT2D eigenvalue weighted by atomic mass is 16.5. The van der Waals surface area contributed by atoms with Gasteiger partial charge in [-0.15, -0.1) is 0 Å². The van der Waals surface area contributed by atoms with Crippen molar-refractivity contribution in [2.75, 3.05) is 58.5 Å². The van der Waals surface area contributed by atoms with Crippen molar-refractivity contribution in [3.8, 4) is 11.5 Å². The molecule has 1 fully saturated rings. The third kappa shape index (κ3) is 6.64. The van der Waals surface area contributed by atoms with E-state index in [1.54, 1.807) is 14.2 Å². The minimum Gasteiger partial charge on any atom is -0.493 e. The number of anilines is 1. The number of aryl methyl sites for hydroxylation is 1. The number of hydrogen-bond donors (Lipinski definition) is 0. The predicted octanol–water partition coefficient (Wildman–Crippen LogP) is 5.95. The number of benzene rings is 3. The van der Waals surface area contributed by atoms with E-state index in [1.807, 2.05) is 6.07 Å². The number of carbonyl (C=O) groups excluding carboxylic acids is 1. The van der Waals surface area contributed by atoms with Gasteiger partial charge < -0.3 is 28.8 Å². The molecule has 0 amide bonds. The Kier molecular flexibility index (Phi) is 10.2. The van der Waals surface area contributed by atoms with Crippen LogP contribution in [0.1, 0.15) is 59.7 Å². The molecule has 1 unspecified atom stereocenters. The fourth-order valence-electron chi connectivity index (χ4n) is 6.51. The van der Waals surface area contributed by atoms with E-state index in [2.05, 4.69) is 83.1 Å². The summed E-state index contributed by atoms with van der Waals surface area (Å²) in [5, 5.41) is 0. The Balaban J connectivity index is 1.37. The second-order valence-electron chi connectivity index (χ2n) is 11.3. The number of piperazine rings is 1. The van der Waals surface area contributed by atoms with Crippen LogP contribution in [0.25, 0.3) is 0 Å². The van der Waals surface area contributed by atoms with Gasteiger partial charge >= 0.3 is 0 Å². The van der Waals surface area contributed by atoms with E-state index in [-0.39, 0.29) is 12.1 Å². The number of methoxy groups -OCH3 is 2. The lowest BCUT2D eigenvalue weighted by Gasteiger charge is -2.36. The molecule has 2 atom stereocenters. The number of carbonyl (C=O) groups is 1. The highest BCUT2D eigenvalue weighted by molar-refractivity contribution is 5.70. The first-order valence-electron chi connectivity index (χ1n) is 15.2. The Hall–Kier alpha value is -3.39. The second kappa shape index (κ2) is 14.2. The zero-order valence-electron chi connectivity index (χ0n) is 25.6. The monoisotopic (exact) mass is 571 g/mol. The molecule has 0 N–H and O–H groups in total. The van der Waals surface area contributed by atoms with Gasteiger partial charge in [0.2, 0.25) is 0 Å². The molecule has 0 radical (unpaired) electrons. The van der Waals surface area contributed by atoms with E-state index >= 15 is 0 Å². The van der Waals surface area contributed by atoms with Crippen molar-refractivity contribution < 1.29 is 19.0 Å². The van der Waals surface area contributed by atoms with Crippen LogP contribution >= 0.6 is 0 Å². The molecular weight excluding hydrogens is 526 g/mol. The number of aldehydes is 1. The number of fused-ring (bicyclic) bond motifs is 1. The molecule has 0 spiro atoms. The SMILES string of the molecule is CCN1CCN(c2cccc3c2CN([C@H](CCCOCc2cccc(C)c2)c2ccc(OC)c(OC)c2)C3C=O)CC1. The summed E-state index contributed by atoms with van der Waals surface area (Å²) >= 11 is 0. The predicted molar refractivity (Wildman–Crippen MR) is 167 cm³/mol. The lowest BCUT2D eigenvalue weighted by Crippen LogP contribution is -2.46. The summed E-state index contributed by atoms with van der Waals surface area (Å²) in [5.41, 5.74) is 7.22. The Morgan fingerprint density at radius 3 is 2.45 bits per heavy atom. The topological polar surface area (TPSA) is 54.5 Å². The molecule has 7 nitrogen and oxygen atoms in total. The molecule has 3 aromatic rings. The Morgan fingerprint density at radius 1 is 0.952 bits per heavy atom. The first-order valence-corrected chi connectivity index (χ1v) is 15.2. The summed E-state index contributed by atoms with van der Waals surface area (Å²) in [6.45, 7) is 11.5. The Bertz CT molecular complexity index is 1340. The van der Waals surface area contributed by atoms with Gasteiger partial charge in [-0.2, -0.15) is 0 Å². The summed E-state index contributed by atoms with van der Waals surface area (Å²) in [7, 11) is 3.32. The molecule has 3 aromatic carbocycles. The maximum absolute atomic E-state index is 12.7. The molecule has 2 heterocycles. The van der Waals surface area contributed by atoms with Gasteiger partial charge in [0.25, 0.3) is 0 Å². The number of nitrogens with zero attached hydrogens (tertiary/aromatic N) is 3. The molecule has 2 aliphatic heterocycles. The summed E-state index contributed by atoms with van der Waals surface area (Å²) in [6, 6.07) is 20.8. The molecule has 0 aromatic heterocycles. The molecule has 0 saturated carbocycles. The average Bonchev–Trinajstić information content (AvgIpc) is 3.41. The van der Waals surface area contributed by atoms with Crippen LogP contribution in [0.4, 0.5) is 5.69 Å². The summed E-state index contributed by atoms with van der Waals surface area (Å²) in [5.74, 6) is 1.40. The standard InChI is InChI=1S/C35H45N3O4/c1-5-36-16-18-37(19-17-36)32-12-7-11-29-30(32)23-38(33(29)24-39)31(28-14-15-34(40-3)35(22-28)41-4)13-8-20-42-25-27-10-6-9-26(2)21-27/h6-7,9-12,14-15,21-22,24,31,33H,5,8,13,16-20,23,25H2,1-4H3/t31-,33?/m1/s1. The van der Waals surface area contributed by atoms with E-state index < -0.39 is 0 Å². The van der Waals surface area contributed by atoms with E-state index in [4.69, 9.17) is 14.2 Å². The smallest absolute Gasteiger partial charge is 0.161 e. The van der Waals surface area contributed by atoms with Crippen LogP contribution in [0.15, 0.2) is 60.7 Å². The third-order valence-corrected chi connectivity index (χ3v) is 8.80. The Morgan fingerprint density at radius 2 is 1.74 bits per heavy atom. The number of ether oxygens (including phenoxy) is 3. The highest BCUT2D eigenvalue weighted by Crippen LogP contribution is 2.45. The first-order chi connectivity index (χ1) is 20.6. The van der Waals surface area contributed by atoms with Gasteiger partial charge in [-0.05, 0) is 66.8 Å². The van der Waals surface area contributed by atoms with Crippen LogP contribution < -0.4 is 14.4 Å². The van der Waals surface area contributed by atoms with Gasteiger partial charge in [-0.1, -0.05) is 55.0 Å². The molecule has 224 valence electrons. The zero-order chi connectivity index (χ0) is 29.5. The molecule has 2 aliphatic rings. The number of hydrogen-bond acceptors (Lipinski definition) is 7. The van der Waals surface area contributed by atoms with E-state index in [1.165, 1.54) is 22.4 Å². The summed E-state index contributed by atoms with van der Waals surface area (Å²) < 4.78 is 17.3. The fraction of sp³-hybridized carbons (Fsp3) is 0.457. The van der Waals surface area contributed by atoms with Gasteiger partial charge in [0.05, 0.1) is 26.9 Å². The average molecular weight is 572 g/mol. The van der Waals surface area contributed by atoms with Gasteiger partial charge in [0.1, 0.15) is 6.29 Å². The van der Waals surface area contributed by atoms with E-state index in [0.717, 1.165) is 69.5 Å². The van der Waals surface area contributed by atoms with E-state index in [0.29, 0.717) is 24.7 Å². The molecule has 5 rings (SSSR count). The van der Waals surface area contributed by atoms with Crippen molar-refractivity contribution in [3.05, 3.63) is 88.5 Å². The first kappa shape index (κ1) is 30.1. The zero-order valence-corrected chi connectivity index (χ0v) is 25.6. The fourth-order valence-corrected chi connectivity index (χ4v) is 6.51. The maximum Gasteiger partial charge on any atom is 0.161 e. The molecule has 0 aliphatic carbocycles. The van der Waals surface area contributed by atoms with Crippen molar-refractivity contribution in [2.24, 2.45) is 0 Å². The second-order valence-corrected chi connectivity index (χ2v) is 11.3. The van der Waals surface area contributed by atoms with Crippen molar-refractivity contribution in [1.29, 1.82) is 0 Å². The van der Waals surface area contributed by atoms with Gasteiger partial charge in [0.15, 0.2) is 11.5 Å². The lowest BCUT2D eigenvalue weighted by atomic mass is 9.98. The summed E-state index contributed by atoms with van der Waals surface area (Å²) in [4.78, 5) is 20.1. The van der Waals surface area contributed by atoms with Crippen molar-refractivity contribution in [1.82, 2.24) is 9.80 Å². The quantitative estimate of drug-likeness (QED) is 0.186. The van der Waals surface area contributed by atoms with Crippen molar-refractivity contribution in [2.45, 2.75) is 51.9 Å². The van der Waals surface area contributed by atoms with Crippen molar-refractivity contribution >= 4 is 12.0 Å². The minimum absolute atomic E-state index is 0.0137. The summed E-state index contributed by atoms with van der Waals surface area (Å²) in [6.07, 6.45) is 2.84. The Labute approximate surface area is 251 Å². The van der Waals surface area contributed by atoms with Crippen LogP contribution in [-0.2, 0) is 22.7 Å². The number of rotatable bonds is 13. The largest absolute Gasteiger partial charge is 0.493 e. The van der Waals surface area contributed by atoms with Gasteiger partial charge in [0, 0.05) is 51.1 Å². The molecule has 0 bridgehead atoms. The van der Waals surface area contributed by atoms with Gasteiger partial charge in [-0.3, -0.25) is 4.90 Å². The third-order valence-electron chi connectivity index (χ3n) is 8.80. The molecule has 42 heavy (non-hydrogen) atoms. The van der Waals surface area contributed by atoms with Crippen LogP contribution in [0.2, 0.25) is 0 Å². The van der Waals surface area contributed by atoms with Crippen LogP contribution in [0.5, 0.6) is 11.5 Å². The van der Waals surface area contributed by atoms with E-state index in [9.17, 15) is 4.79 Å². The van der Waals surface area contributed by atoms with Gasteiger partial charge in [-0.25, -0.2) is 0 Å². The maximum atomic E-state index is 12.7. The molecular formula is C35H45N3O4. The van der Waals surface area contributed by atoms with Crippen LogP contribution in [0, 0.1) is 6.92 Å².